The molecule has 96 valence electrons. The molecule has 1 aromatic carbocycles. The van der Waals surface area contributed by atoms with Gasteiger partial charge in [-0.2, -0.15) is 0 Å². The molecule has 2 rings (SSSR count). The monoisotopic (exact) mass is 250 g/mol. The summed E-state index contributed by atoms with van der Waals surface area (Å²) in [6.45, 7) is 0. The third-order valence-corrected chi connectivity index (χ3v) is 2.87. The van der Waals surface area contributed by atoms with Crippen LogP contribution in [0.3, 0.4) is 0 Å². The lowest BCUT2D eigenvalue weighted by Gasteiger charge is -2.14. The van der Waals surface area contributed by atoms with Crippen molar-refractivity contribution in [3.05, 3.63) is 23.8 Å². The molecule has 1 heterocycles. The molecule has 5 nitrogen and oxygen atoms in total. The summed E-state index contributed by atoms with van der Waals surface area (Å²) < 4.78 is 15.1. The highest BCUT2D eigenvalue weighted by Gasteiger charge is 2.32. The number of hydrogen-bond acceptors (Lipinski definition) is 5. The van der Waals surface area contributed by atoms with Crippen molar-refractivity contribution < 1.29 is 23.8 Å². The number of benzene rings is 1. The Morgan fingerprint density at radius 3 is 2.78 bits per heavy atom. The van der Waals surface area contributed by atoms with Crippen molar-refractivity contribution in [1.82, 2.24) is 0 Å². The van der Waals surface area contributed by atoms with Crippen LogP contribution in [0.15, 0.2) is 18.2 Å². The molecule has 0 spiro atoms. The summed E-state index contributed by atoms with van der Waals surface area (Å²) in [6.07, 6.45) is -0.367. The molecule has 0 radical (unpaired) electrons. The van der Waals surface area contributed by atoms with E-state index in [0.29, 0.717) is 17.9 Å². The standard InChI is InChI=1S/C13H14O5/c1-16-9-5-3-8-4-6-10(14)12(13(15)17-2)18-11(8)7-9/h3,5,7,12H,4,6H2,1-2H3. The molecule has 1 unspecified atom stereocenters. The highest BCUT2D eigenvalue weighted by molar-refractivity contribution is 6.02. The van der Waals surface area contributed by atoms with Gasteiger partial charge in [-0.15, -0.1) is 0 Å². The number of ketones is 1. The topological polar surface area (TPSA) is 61.8 Å². The number of hydrogen-bond donors (Lipinski definition) is 0. The van der Waals surface area contributed by atoms with E-state index in [1.165, 1.54) is 7.11 Å². The quantitative estimate of drug-likeness (QED) is 0.581. The first-order valence-electron chi connectivity index (χ1n) is 5.60. The maximum Gasteiger partial charge on any atom is 0.354 e. The second-order valence-electron chi connectivity index (χ2n) is 3.96. The lowest BCUT2D eigenvalue weighted by Crippen LogP contribution is -2.35. The summed E-state index contributed by atoms with van der Waals surface area (Å²) in [5, 5.41) is 0. The molecule has 1 aliphatic heterocycles. The minimum absolute atomic E-state index is 0.263. The lowest BCUT2D eigenvalue weighted by molar-refractivity contribution is -0.153. The molecule has 0 aromatic heterocycles. The van der Waals surface area contributed by atoms with Crippen LogP contribution in [0.1, 0.15) is 12.0 Å². The van der Waals surface area contributed by atoms with Crippen LogP contribution in [0, 0.1) is 0 Å². The summed E-state index contributed by atoms with van der Waals surface area (Å²) >= 11 is 0. The second-order valence-corrected chi connectivity index (χ2v) is 3.96. The van der Waals surface area contributed by atoms with E-state index < -0.39 is 12.1 Å². The highest BCUT2D eigenvalue weighted by atomic mass is 16.6. The van der Waals surface area contributed by atoms with Gasteiger partial charge in [-0.25, -0.2) is 4.79 Å². The Balaban J connectivity index is 2.34. The molecule has 5 heteroatoms. The second kappa shape index (κ2) is 5.08. The summed E-state index contributed by atoms with van der Waals surface area (Å²) in [7, 11) is 2.78. The number of fused-ring (bicyclic) bond motifs is 1. The lowest BCUT2D eigenvalue weighted by atomic mass is 10.1. The number of esters is 1. The van der Waals surface area contributed by atoms with Gasteiger partial charge >= 0.3 is 5.97 Å². The fraction of sp³-hybridized carbons (Fsp3) is 0.385. The summed E-state index contributed by atoms with van der Waals surface area (Å²) in [4.78, 5) is 23.3. The average Bonchev–Trinajstić information content (AvgIpc) is 2.57. The van der Waals surface area contributed by atoms with Crippen molar-refractivity contribution in [2.75, 3.05) is 14.2 Å². The summed E-state index contributed by atoms with van der Waals surface area (Å²) in [5.41, 5.74) is 0.885. The van der Waals surface area contributed by atoms with Crippen molar-refractivity contribution >= 4 is 11.8 Å². The molecular formula is C13H14O5. The number of carbonyl (C=O) groups excluding carboxylic acids is 2. The molecular weight excluding hydrogens is 236 g/mol. The van der Waals surface area contributed by atoms with E-state index in [4.69, 9.17) is 9.47 Å². The summed E-state index contributed by atoms with van der Waals surface area (Å²) in [5.74, 6) is 0.176. The average molecular weight is 250 g/mol. The van der Waals surface area contributed by atoms with Crippen LogP contribution in [0.5, 0.6) is 11.5 Å². The van der Waals surface area contributed by atoms with Gasteiger partial charge in [0.05, 0.1) is 14.2 Å². The van der Waals surface area contributed by atoms with E-state index >= 15 is 0 Å². The fourth-order valence-corrected chi connectivity index (χ4v) is 1.85. The molecule has 0 saturated heterocycles. The molecule has 0 bridgehead atoms. The molecule has 0 aliphatic carbocycles. The maximum absolute atomic E-state index is 11.8. The van der Waals surface area contributed by atoms with Crippen molar-refractivity contribution in [2.45, 2.75) is 18.9 Å². The van der Waals surface area contributed by atoms with Gasteiger partial charge in [0.25, 0.3) is 6.10 Å². The van der Waals surface area contributed by atoms with Crippen molar-refractivity contribution in [3.8, 4) is 11.5 Å². The molecule has 18 heavy (non-hydrogen) atoms. The van der Waals surface area contributed by atoms with Gasteiger partial charge in [0.2, 0.25) is 0 Å². The Morgan fingerprint density at radius 1 is 1.33 bits per heavy atom. The Morgan fingerprint density at radius 2 is 2.11 bits per heavy atom. The van der Waals surface area contributed by atoms with E-state index in [0.717, 1.165) is 5.56 Å². The van der Waals surface area contributed by atoms with E-state index in [1.54, 1.807) is 19.2 Å². The van der Waals surface area contributed by atoms with Gasteiger partial charge in [0, 0.05) is 12.5 Å². The van der Waals surface area contributed by atoms with E-state index in [2.05, 4.69) is 4.74 Å². The van der Waals surface area contributed by atoms with E-state index in [1.807, 2.05) is 6.07 Å². The van der Waals surface area contributed by atoms with Crippen LogP contribution < -0.4 is 9.47 Å². The van der Waals surface area contributed by atoms with Gasteiger partial charge < -0.3 is 14.2 Å². The van der Waals surface area contributed by atoms with Crippen molar-refractivity contribution in [1.29, 1.82) is 0 Å². The molecule has 1 aliphatic rings. The zero-order valence-corrected chi connectivity index (χ0v) is 10.3. The first kappa shape index (κ1) is 12.4. The maximum atomic E-state index is 11.8. The first-order chi connectivity index (χ1) is 8.65. The highest BCUT2D eigenvalue weighted by Crippen LogP contribution is 2.29. The fourth-order valence-electron chi connectivity index (χ4n) is 1.85. The molecule has 0 fully saturated rings. The van der Waals surface area contributed by atoms with Crippen LogP contribution in [0.4, 0.5) is 0 Å². The number of carbonyl (C=O) groups is 2. The normalized spacial score (nSPS) is 18.3. The SMILES string of the molecule is COC(=O)C1Oc2cc(OC)ccc2CCC1=O. The smallest absolute Gasteiger partial charge is 0.354 e. The number of ether oxygens (including phenoxy) is 3. The van der Waals surface area contributed by atoms with Gasteiger partial charge in [-0.3, -0.25) is 4.79 Å². The Kier molecular flexibility index (Phi) is 3.50. The minimum atomic E-state index is -1.18. The van der Waals surface area contributed by atoms with Crippen LogP contribution >= 0.6 is 0 Å². The zero-order valence-electron chi connectivity index (χ0n) is 10.3. The molecule has 0 saturated carbocycles. The number of rotatable bonds is 2. The van der Waals surface area contributed by atoms with E-state index in [9.17, 15) is 9.59 Å². The molecule has 1 atom stereocenters. The van der Waals surface area contributed by atoms with Crippen molar-refractivity contribution in [2.24, 2.45) is 0 Å². The summed E-state index contributed by atoms with van der Waals surface area (Å²) in [6, 6.07) is 5.30. The number of Topliss-reactive ketones (excluding diaryl/α,β-unsaturated/α-hetero) is 1. The third kappa shape index (κ3) is 2.30. The number of aryl methyl sites for hydroxylation is 1. The third-order valence-electron chi connectivity index (χ3n) is 2.87. The minimum Gasteiger partial charge on any atom is -0.497 e. The zero-order chi connectivity index (χ0) is 13.1. The van der Waals surface area contributed by atoms with Gasteiger partial charge in [0.15, 0.2) is 5.78 Å². The van der Waals surface area contributed by atoms with Crippen molar-refractivity contribution in [3.63, 3.8) is 0 Å². The molecule has 1 aromatic rings. The number of methoxy groups -OCH3 is 2. The molecule has 0 N–H and O–H groups in total. The Labute approximate surface area is 105 Å². The van der Waals surface area contributed by atoms with Crippen LogP contribution in [0.25, 0.3) is 0 Å². The van der Waals surface area contributed by atoms with Crippen LogP contribution in [0.2, 0.25) is 0 Å². The Bertz CT molecular complexity index is 480. The van der Waals surface area contributed by atoms with E-state index in [-0.39, 0.29) is 12.2 Å². The predicted molar refractivity (Wildman–Crippen MR) is 62.8 cm³/mol. The predicted octanol–water partition coefficient (Wildman–Crippen LogP) is 1.13. The van der Waals surface area contributed by atoms with Gasteiger partial charge in [0.1, 0.15) is 11.5 Å². The molecule has 0 amide bonds. The van der Waals surface area contributed by atoms with Gasteiger partial charge in [-0.05, 0) is 18.1 Å². The Hall–Kier alpha value is -2.04. The van der Waals surface area contributed by atoms with Crippen LogP contribution in [-0.2, 0) is 20.7 Å². The first-order valence-corrected chi connectivity index (χ1v) is 5.60. The van der Waals surface area contributed by atoms with Crippen LogP contribution in [-0.4, -0.2) is 32.1 Å². The van der Waals surface area contributed by atoms with Gasteiger partial charge in [-0.1, -0.05) is 6.07 Å². The largest absolute Gasteiger partial charge is 0.497 e.